The fourth-order valence-electron chi connectivity index (χ4n) is 2.23. The predicted molar refractivity (Wildman–Crippen MR) is 83.3 cm³/mol. The summed E-state index contributed by atoms with van der Waals surface area (Å²) in [5, 5.41) is 8.72. The smallest absolute Gasteiger partial charge is 0.328 e. The van der Waals surface area contributed by atoms with E-state index in [4.69, 9.17) is 5.11 Å². The minimum Gasteiger partial charge on any atom is -0.478 e. The molecule has 0 radical (unpaired) electrons. The van der Waals surface area contributed by atoms with Crippen molar-refractivity contribution in [2.75, 3.05) is 18.8 Å². The van der Waals surface area contributed by atoms with Crippen LogP contribution in [0.5, 0.6) is 0 Å². The lowest BCUT2D eigenvalue weighted by Gasteiger charge is -2.37. The van der Waals surface area contributed by atoms with Gasteiger partial charge in [-0.3, -0.25) is 9.78 Å². The molecule has 0 aromatic carbocycles. The fraction of sp³-hybridized carbons (Fsp3) is 0.400. The van der Waals surface area contributed by atoms with Gasteiger partial charge < -0.3 is 10.0 Å². The summed E-state index contributed by atoms with van der Waals surface area (Å²) < 4.78 is 0.0275. The molecular formula is C15H18N2O3S. The molecule has 1 aliphatic rings. The Morgan fingerprint density at radius 1 is 1.48 bits per heavy atom. The Balaban J connectivity index is 2.25. The van der Waals surface area contributed by atoms with E-state index in [0.717, 1.165) is 11.8 Å². The highest BCUT2D eigenvalue weighted by atomic mass is 32.2. The van der Waals surface area contributed by atoms with Gasteiger partial charge >= 0.3 is 5.97 Å². The second kappa shape index (κ2) is 6.30. The third kappa shape index (κ3) is 4.07. The maximum Gasteiger partial charge on any atom is 0.328 e. The minimum atomic E-state index is -1.05. The molecule has 5 nitrogen and oxygen atoms in total. The van der Waals surface area contributed by atoms with Crippen LogP contribution >= 0.6 is 11.8 Å². The van der Waals surface area contributed by atoms with Crippen LogP contribution in [-0.2, 0) is 4.79 Å². The van der Waals surface area contributed by atoms with E-state index < -0.39 is 5.97 Å². The van der Waals surface area contributed by atoms with Crippen LogP contribution in [0.3, 0.4) is 0 Å². The van der Waals surface area contributed by atoms with Crippen molar-refractivity contribution in [3.05, 3.63) is 35.7 Å². The van der Waals surface area contributed by atoms with Gasteiger partial charge in [-0.05, 0) is 26.0 Å². The number of carbonyl (C=O) groups is 2. The summed E-state index contributed by atoms with van der Waals surface area (Å²) in [6, 6.07) is 3.39. The number of hydrogen-bond donors (Lipinski definition) is 1. The average Bonchev–Trinajstić information content (AvgIpc) is 2.43. The van der Waals surface area contributed by atoms with Crippen molar-refractivity contribution < 1.29 is 14.7 Å². The second-order valence-electron chi connectivity index (χ2n) is 5.45. The summed E-state index contributed by atoms with van der Waals surface area (Å²) in [6.45, 7) is 5.57. The Morgan fingerprint density at radius 3 is 2.90 bits per heavy atom. The van der Waals surface area contributed by atoms with Gasteiger partial charge in [0.1, 0.15) is 5.69 Å². The van der Waals surface area contributed by atoms with Crippen LogP contribution < -0.4 is 0 Å². The van der Waals surface area contributed by atoms with Crippen LogP contribution in [0, 0.1) is 0 Å². The summed E-state index contributed by atoms with van der Waals surface area (Å²) in [4.78, 5) is 29.2. The van der Waals surface area contributed by atoms with Crippen LogP contribution in [0.25, 0.3) is 6.08 Å². The van der Waals surface area contributed by atoms with E-state index >= 15 is 0 Å². The predicted octanol–water partition coefficient (Wildman–Crippen LogP) is 2.15. The molecule has 6 heteroatoms. The molecule has 2 rings (SSSR count). The zero-order valence-electron chi connectivity index (χ0n) is 12.1. The van der Waals surface area contributed by atoms with Crippen molar-refractivity contribution in [2.24, 2.45) is 0 Å². The van der Waals surface area contributed by atoms with Crippen molar-refractivity contribution in [3.8, 4) is 0 Å². The normalized spacial score (nSPS) is 17.9. The molecule has 1 saturated heterocycles. The van der Waals surface area contributed by atoms with E-state index in [1.807, 2.05) is 11.8 Å². The number of nitrogens with zero attached hydrogens (tertiary/aromatic N) is 2. The first kappa shape index (κ1) is 15.6. The highest BCUT2D eigenvalue weighted by Crippen LogP contribution is 2.30. The third-order valence-corrected chi connectivity index (χ3v) is 4.46. The summed E-state index contributed by atoms with van der Waals surface area (Å²) in [6.07, 6.45) is 3.98. The lowest BCUT2D eigenvalue weighted by atomic mass is 10.1. The zero-order valence-corrected chi connectivity index (χ0v) is 12.9. The lowest BCUT2D eigenvalue weighted by Crippen LogP contribution is -2.46. The molecule has 1 aromatic rings. The van der Waals surface area contributed by atoms with E-state index in [9.17, 15) is 9.59 Å². The van der Waals surface area contributed by atoms with E-state index in [0.29, 0.717) is 24.3 Å². The SMILES string of the molecule is CC1(C)CN(C(=O)c2ncccc2/C=C/C(=O)O)CCS1. The number of pyridine rings is 1. The highest BCUT2D eigenvalue weighted by Gasteiger charge is 2.31. The number of rotatable bonds is 3. The molecule has 1 aromatic heterocycles. The van der Waals surface area contributed by atoms with E-state index in [1.54, 1.807) is 23.2 Å². The van der Waals surface area contributed by atoms with Crippen LogP contribution in [-0.4, -0.2) is 50.5 Å². The molecule has 21 heavy (non-hydrogen) atoms. The molecule has 0 unspecified atom stereocenters. The van der Waals surface area contributed by atoms with Crippen LogP contribution in [0.2, 0.25) is 0 Å². The van der Waals surface area contributed by atoms with Crippen LogP contribution in [0.15, 0.2) is 24.4 Å². The number of carboxylic acids is 1. The lowest BCUT2D eigenvalue weighted by molar-refractivity contribution is -0.131. The van der Waals surface area contributed by atoms with Crippen LogP contribution in [0.1, 0.15) is 29.9 Å². The molecule has 112 valence electrons. The van der Waals surface area contributed by atoms with Gasteiger partial charge in [-0.15, -0.1) is 0 Å². The number of aliphatic carboxylic acids is 1. The van der Waals surface area contributed by atoms with Crippen molar-refractivity contribution in [1.82, 2.24) is 9.88 Å². The molecule has 0 spiro atoms. The Hall–Kier alpha value is -1.82. The minimum absolute atomic E-state index is 0.0275. The van der Waals surface area contributed by atoms with E-state index in [2.05, 4.69) is 18.8 Å². The molecule has 1 aliphatic heterocycles. The van der Waals surface area contributed by atoms with Gasteiger partial charge in [-0.25, -0.2) is 4.79 Å². The molecule has 2 heterocycles. The number of hydrogen-bond acceptors (Lipinski definition) is 4. The highest BCUT2D eigenvalue weighted by molar-refractivity contribution is 8.00. The average molecular weight is 306 g/mol. The summed E-state index contributed by atoms with van der Waals surface area (Å²) in [7, 11) is 0. The number of amides is 1. The summed E-state index contributed by atoms with van der Waals surface area (Å²) in [5.41, 5.74) is 0.832. The molecular weight excluding hydrogens is 288 g/mol. The number of carboxylic acid groups (broad SMARTS) is 1. The first-order chi connectivity index (χ1) is 9.89. The standard InChI is InChI=1S/C15H18N2O3S/c1-15(2)10-17(8-9-21-15)14(20)13-11(4-3-7-16-13)5-6-12(18)19/h3-7H,8-10H2,1-2H3,(H,18,19)/b6-5+. The molecule has 0 atom stereocenters. The number of carbonyl (C=O) groups excluding carboxylic acids is 1. The van der Waals surface area contributed by atoms with Crippen LogP contribution in [0.4, 0.5) is 0 Å². The summed E-state index contributed by atoms with van der Waals surface area (Å²) in [5.74, 6) is -0.298. The van der Waals surface area contributed by atoms with Gasteiger partial charge in [0.2, 0.25) is 0 Å². The topological polar surface area (TPSA) is 70.5 Å². The van der Waals surface area contributed by atoms with Gasteiger partial charge in [-0.2, -0.15) is 11.8 Å². The Morgan fingerprint density at radius 2 is 2.24 bits per heavy atom. The maximum atomic E-state index is 12.6. The maximum absolute atomic E-state index is 12.6. The molecule has 1 fully saturated rings. The van der Waals surface area contributed by atoms with Crippen molar-refractivity contribution in [1.29, 1.82) is 0 Å². The molecule has 1 amide bonds. The molecule has 1 N–H and O–H groups in total. The number of aromatic nitrogens is 1. The van der Waals surface area contributed by atoms with Gasteiger partial charge in [0.05, 0.1) is 0 Å². The largest absolute Gasteiger partial charge is 0.478 e. The second-order valence-corrected chi connectivity index (χ2v) is 7.25. The van der Waals surface area contributed by atoms with Gasteiger partial charge in [0.25, 0.3) is 5.91 Å². The van der Waals surface area contributed by atoms with Gasteiger partial charge in [0, 0.05) is 41.4 Å². The summed E-state index contributed by atoms with van der Waals surface area (Å²) >= 11 is 1.85. The van der Waals surface area contributed by atoms with E-state index in [1.165, 1.54) is 6.08 Å². The van der Waals surface area contributed by atoms with Crippen molar-refractivity contribution in [3.63, 3.8) is 0 Å². The third-order valence-electron chi connectivity index (χ3n) is 3.16. The number of thioether (sulfide) groups is 1. The zero-order chi connectivity index (χ0) is 15.5. The van der Waals surface area contributed by atoms with Gasteiger partial charge in [-0.1, -0.05) is 6.07 Å². The van der Waals surface area contributed by atoms with Gasteiger partial charge in [0.15, 0.2) is 0 Å². The Bertz CT molecular complexity index is 584. The molecule has 0 bridgehead atoms. The molecule has 0 aliphatic carbocycles. The molecule has 0 saturated carbocycles. The quantitative estimate of drug-likeness (QED) is 0.866. The monoisotopic (exact) mass is 306 g/mol. The first-order valence-corrected chi connectivity index (χ1v) is 7.67. The van der Waals surface area contributed by atoms with Crippen molar-refractivity contribution in [2.45, 2.75) is 18.6 Å². The Kier molecular flexibility index (Phi) is 4.67. The Labute approximate surface area is 128 Å². The first-order valence-electron chi connectivity index (χ1n) is 6.68. The van der Waals surface area contributed by atoms with Crippen molar-refractivity contribution >= 4 is 29.7 Å². The van der Waals surface area contributed by atoms with E-state index in [-0.39, 0.29) is 10.7 Å². The fourth-order valence-corrected chi connectivity index (χ4v) is 3.34.